The minimum Gasteiger partial charge on any atom is -0.493 e. The molecule has 0 spiro atoms. The molecule has 0 radical (unpaired) electrons. The summed E-state index contributed by atoms with van der Waals surface area (Å²) < 4.78 is 59.2. The molecule has 0 saturated carbocycles. The number of carbonyl (C=O) groups is 1. The van der Waals surface area contributed by atoms with Crippen molar-refractivity contribution in [1.82, 2.24) is 20.1 Å². The lowest BCUT2D eigenvalue weighted by molar-refractivity contribution is -0.265. The summed E-state index contributed by atoms with van der Waals surface area (Å²) in [5.74, 6) is -0.369. The Bertz CT molecular complexity index is 1380. The van der Waals surface area contributed by atoms with Gasteiger partial charge >= 0.3 is 6.18 Å². The zero-order chi connectivity index (χ0) is 30.4. The number of nitrogens with zero attached hydrogens (tertiary/aromatic N) is 2. The number of amides is 1. The van der Waals surface area contributed by atoms with E-state index in [9.17, 15) is 23.1 Å². The van der Waals surface area contributed by atoms with Crippen molar-refractivity contribution < 1.29 is 42.4 Å². The maximum atomic E-state index is 14.5. The van der Waals surface area contributed by atoms with Crippen molar-refractivity contribution in [2.24, 2.45) is 0 Å². The molecule has 1 atom stereocenters. The predicted octanol–water partition coefficient (Wildman–Crippen LogP) is 3.69. The van der Waals surface area contributed by atoms with E-state index in [-0.39, 0.29) is 47.4 Å². The SMILES string of the molecule is COc1cc(-c2cc(C(C)(C)NCl)cc(C(O)(CNC(=O)c3ccc(OCCO)c(OC)c3)C(F)(F)F)n2)ccn1. The molecule has 0 aliphatic heterocycles. The average molecular weight is 599 g/mol. The van der Waals surface area contributed by atoms with Gasteiger partial charge in [0.15, 0.2) is 11.5 Å². The Morgan fingerprint density at radius 2 is 1.78 bits per heavy atom. The molecule has 41 heavy (non-hydrogen) atoms. The van der Waals surface area contributed by atoms with E-state index in [0.29, 0.717) is 5.56 Å². The molecule has 4 N–H and O–H groups in total. The number of alkyl halides is 3. The first-order valence-electron chi connectivity index (χ1n) is 12.2. The lowest BCUT2D eigenvalue weighted by atomic mass is 9.89. The predicted molar refractivity (Wildman–Crippen MR) is 144 cm³/mol. The lowest BCUT2D eigenvalue weighted by Gasteiger charge is -2.32. The lowest BCUT2D eigenvalue weighted by Crippen LogP contribution is -2.51. The van der Waals surface area contributed by atoms with E-state index in [1.807, 2.05) is 0 Å². The molecule has 0 bridgehead atoms. The van der Waals surface area contributed by atoms with Crippen LogP contribution < -0.4 is 24.4 Å². The molecule has 1 amide bonds. The number of rotatable bonds is 12. The van der Waals surface area contributed by atoms with E-state index in [2.05, 4.69) is 20.1 Å². The number of aliphatic hydroxyl groups excluding tert-OH is 1. The van der Waals surface area contributed by atoms with Gasteiger partial charge in [-0.1, -0.05) is 0 Å². The molecular weight excluding hydrogens is 569 g/mol. The van der Waals surface area contributed by atoms with Crippen molar-refractivity contribution in [2.75, 3.05) is 34.0 Å². The molecule has 10 nitrogen and oxygen atoms in total. The zero-order valence-electron chi connectivity index (χ0n) is 22.7. The van der Waals surface area contributed by atoms with Gasteiger partial charge in [0.2, 0.25) is 11.5 Å². The van der Waals surface area contributed by atoms with E-state index >= 15 is 0 Å². The first kappa shape index (κ1) is 31.9. The molecule has 2 heterocycles. The van der Waals surface area contributed by atoms with Crippen molar-refractivity contribution in [3.8, 4) is 28.6 Å². The number of carbonyl (C=O) groups excluding carboxylic acids is 1. The van der Waals surface area contributed by atoms with Crippen LogP contribution in [0.25, 0.3) is 11.3 Å². The van der Waals surface area contributed by atoms with Crippen LogP contribution in [0.15, 0.2) is 48.7 Å². The average Bonchev–Trinajstić information content (AvgIpc) is 2.97. The van der Waals surface area contributed by atoms with Gasteiger partial charge in [-0.3, -0.25) is 4.79 Å². The summed E-state index contributed by atoms with van der Waals surface area (Å²) in [6.07, 6.45) is -3.85. The fraction of sp³-hybridized carbons (Fsp3) is 0.370. The second-order valence-electron chi connectivity index (χ2n) is 9.41. The second kappa shape index (κ2) is 12.9. The number of aliphatic hydroxyl groups is 2. The Morgan fingerprint density at radius 1 is 1.05 bits per heavy atom. The van der Waals surface area contributed by atoms with Crippen molar-refractivity contribution in [2.45, 2.75) is 31.2 Å². The standard InChI is InChI=1S/C27H30ClF3N4O6/c1-25(2,35-28)18-13-19(16-7-8-32-23(12-16)40-4)34-22(14-18)26(38,27(29,30)31)15-33-24(37)17-5-6-20(41-10-9-36)21(11-17)39-3/h5-8,11-14,35-36,38H,9-10,15H2,1-4H3,(H,33,37). The van der Waals surface area contributed by atoms with E-state index < -0.39 is 35.5 Å². The third kappa shape index (κ3) is 7.17. The van der Waals surface area contributed by atoms with Gasteiger partial charge in [-0.2, -0.15) is 13.2 Å². The molecule has 1 aromatic carbocycles. The van der Waals surface area contributed by atoms with Gasteiger partial charge in [0.25, 0.3) is 5.91 Å². The first-order chi connectivity index (χ1) is 19.3. The van der Waals surface area contributed by atoms with Gasteiger partial charge < -0.3 is 29.7 Å². The van der Waals surface area contributed by atoms with Crippen molar-refractivity contribution >= 4 is 17.7 Å². The molecule has 0 saturated heterocycles. The number of pyridine rings is 2. The highest BCUT2D eigenvalue weighted by Gasteiger charge is 2.56. The maximum absolute atomic E-state index is 14.5. The fourth-order valence-electron chi connectivity index (χ4n) is 3.72. The summed E-state index contributed by atoms with van der Waals surface area (Å²) in [5.41, 5.74) is -4.73. The summed E-state index contributed by atoms with van der Waals surface area (Å²) in [5, 5.41) is 22.2. The summed E-state index contributed by atoms with van der Waals surface area (Å²) in [6, 6.07) is 9.54. The van der Waals surface area contributed by atoms with Crippen LogP contribution in [0, 0.1) is 0 Å². The third-order valence-electron chi connectivity index (χ3n) is 6.20. The molecular formula is C27H30ClF3N4O6. The normalized spacial score (nSPS) is 13.3. The van der Waals surface area contributed by atoms with Crippen LogP contribution >= 0.6 is 11.8 Å². The molecule has 2 aromatic heterocycles. The summed E-state index contributed by atoms with van der Waals surface area (Å²) >= 11 is 5.89. The number of halogens is 4. The second-order valence-corrected chi connectivity index (χ2v) is 9.60. The van der Waals surface area contributed by atoms with Crippen LogP contribution in [0.2, 0.25) is 0 Å². The van der Waals surface area contributed by atoms with Crippen LogP contribution in [0.3, 0.4) is 0 Å². The number of ether oxygens (including phenoxy) is 3. The van der Waals surface area contributed by atoms with E-state index in [4.69, 9.17) is 31.1 Å². The summed E-state index contributed by atoms with van der Waals surface area (Å²) in [6.45, 7) is 1.71. The Balaban J connectivity index is 2.04. The number of methoxy groups -OCH3 is 2. The molecule has 1 unspecified atom stereocenters. The smallest absolute Gasteiger partial charge is 0.424 e. The van der Waals surface area contributed by atoms with Gasteiger partial charge in [0, 0.05) is 23.4 Å². The van der Waals surface area contributed by atoms with Crippen LogP contribution in [-0.2, 0) is 11.1 Å². The molecule has 0 fully saturated rings. The van der Waals surface area contributed by atoms with E-state index in [0.717, 1.165) is 6.07 Å². The van der Waals surface area contributed by atoms with Crippen LogP contribution in [-0.4, -0.2) is 66.2 Å². The van der Waals surface area contributed by atoms with Crippen LogP contribution in [0.5, 0.6) is 17.4 Å². The van der Waals surface area contributed by atoms with Crippen LogP contribution in [0.4, 0.5) is 13.2 Å². The Morgan fingerprint density at radius 3 is 2.39 bits per heavy atom. The van der Waals surface area contributed by atoms with Crippen molar-refractivity contribution in [1.29, 1.82) is 0 Å². The largest absolute Gasteiger partial charge is 0.493 e. The first-order valence-corrected chi connectivity index (χ1v) is 12.6. The monoisotopic (exact) mass is 598 g/mol. The van der Waals surface area contributed by atoms with Gasteiger partial charge in [-0.25, -0.2) is 14.8 Å². The van der Waals surface area contributed by atoms with Gasteiger partial charge in [-0.15, -0.1) is 0 Å². The highest BCUT2D eigenvalue weighted by molar-refractivity contribution is 6.13. The van der Waals surface area contributed by atoms with Crippen molar-refractivity contribution in [3.63, 3.8) is 0 Å². The number of benzene rings is 1. The number of aromatic nitrogens is 2. The molecule has 3 aromatic rings. The number of hydrogen-bond donors (Lipinski definition) is 4. The maximum Gasteiger partial charge on any atom is 0.424 e. The third-order valence-corrected chi connectivity index (χ3v) is 6.67. The molecule has 14 heteroatoms. The van der Waals surface area contributed by atoms with E-state index in [1.54, 1.807) is 13.8 Å². The molecule has 0 aliphatic rings. The van der Waals surface area contributed by atoms with Crippen LogP contribution in [0.1, 0.15) is 35.5 Å². The Hall–Kier alpha value is -3.65. The molecule has 0 aliphatic carbocycles. The quantitative estimate of drug-likeness (QED) is 0.230. The van der Waals surface area contributed by atoms with Gasteiger partial charge in [0.1, 0.15) is 6.61 Å². The Labute approximate surface area is 239 Å². The van der Waals surface area contributed by atoms with E-state index in [1.165, 1.54) is 56.8 Å². The Kier molecular flexibility index (Phi) is 10.0. The summed E-state index contributed by atoms with van der Waals surface area (Å²) in [7, 11) is 2.70. The van der Waals surface area contributed by atoms with Crippen molar-refractivity contribution in [3.05, 3.63) is 65.5 Å². The number of hydrogen-bond acceptors (Lipinski definition) is 9. The zero-order valence-corrected chi connectivity index (χ0v) is 23.4. The molecule has 3 rings (SSSR count). The molecule has 222 valence electrons. The highest BCUT2D eigenvalue weighted by atomic mass is 35.5. The highest BCUT2D eigenvalue weighted by Crippen LogP contribution is 2.40. The van der Waals surface area contributed by atoms with Gasteiger partial charge in [-0.05, 0) is 67.6 Å². The number of nitrogens with one attached hydrogen (secondary N) is 2. The topological polar surface area (TPSA) is 135 Å². The summed E-state index contributed by atoms with van der Waals surface area (Å²) in [4.78, 5) is 23.5. The minimum atomic E-state index is -5.25. The van der Waals surface area contributed by atoms with Gasteiger partial charge in [0.05, 0.1) is 44.3 Å². The minimum absolute atomic E-state index is 0.0309. The fourth-order valence-corrected chi connectivity index (χ4v) is 3.83.